The Hall–Kier alpha value is -1.86. The van der Waals surface area contributed by atoms with Gasteiger partial charge in [-0.15, -0.1) is 0 Å². The standard InChI is InChI=1S/C18H25N3O2S2/c1-4-16(14-25(22,23)17-8-6-5-7-9-17)20-18(19-2)21(3)12-15-10-11-24-13-15/h5-11,13,16H,4,12,14H2,1-3H3,(H,19,20). The Kier molecular flexibility index (Phi) is 7.01. The lowest BCUT2D eigenvalue weighted by Crippen LogP contribution is -2.46. The highest BCUT2D eigenvalue weighted by molar-refractivity contribution is 7.91. The van der Waals surface area contributed by atoms with Crippen LogP contribution in [0.15, 0.2) is 57.0 Å². The Morgan fingerprint density at radius 2 is 2.00 bits per heavy atom. The zero-order valence-corrected chi connectivity index (χ0v) is 16.5. The number of hydrogen-bond donors (Lipinski definition) is 1. The molecule has 1 heterocycles. The number of benzene rings is 1. The number of nitrogens with one attached hydrogen (secondary N) is 1. The van der Waals surface area contributed by atoms with Crippen LogP contribution in [0, 0.1) is 0 Å². The molecule has 1 N–H and O–H groups in total. The molecule has 0 aliphatic rings. The van der Waals surface area contributed by atoms with Crippen LogP contribution in [0.4, 0.5) is 0 Å². The van der Waals surface area contributed by atoms with Gasteiger partial charge in [-0.2, -0.15) is 11.3 Å². The summed E-state index contributed by atoms with van der Waals surface area (Å²) < 4.78 is 25.2. The molecule has 0 amide bonds. The molecule has 1 unspecified atom stereocenters. The number of rotatable bonds is 7. The lowest BCUT2D eigenvalue weighted by atomic mass is 10.2. The van der Waals surface area contributed by atoms with E-state index in [0.717, 1.165) is 6.54 Å². The summed E-state index contributed by atoms with van der Waals surface area (Å²) in [5, 5.41) is 7.43. The molecule has 0 saturated heterocycles. The Balaban J connectivity index is 2.04. The monoisotopic (exact) mass is 379 g/mol. The molecule has 0 spiro atoms. The van der Waals surface area contributed by atoms with Crippen LogP contribution in [0.1, 0.15) is 18.9 Å². The summed E-state index contributed by atoms with van der Waals surface area (Å²) in [4.78, 5) is 6.66. The van der Waals surface area contributed by atoms with E-state index in [1.807, 2.05) is 30.3 Å². The average Bonchev–Trinajstić information content (AvgIpc) is 3.12. The lowest BCUT2D eigenvalue weighted by Gasteiger charge is -2.26. The van der Waals surface area contributed by atoms with Gasteiger partial charge in [0.05, 0.1) is 10.6 Å². The first-order valence-electron chi connectivity index (χ1n) is 8.19. The third-order valence-electron chi connectivity index (χ3n) is 3.92. The van der Waals surface area contributed by atoms with E-state index in [2.05, 4.69) is 21.8 Å². The zero-order valence-electron chi connectivity index (χ0n) is 14.8. The Labute approximate surface area is 154 Å². The summed E-state index contributed by atoms with van der Waals surface area (Å²) in [6.45, 7) is 2.70. The van der Waals surface area contributed by atoms with E-state index in [0.29, 0.717) is 17.3 Å². The Bertz CT molecular complexity index is 772. The second-order valence-electron chi connectivity index (χ2n) is 5.88. The van der Waals surface area contributed by atoms with Crippen LogP contribution in [0.3, 0.4) is 0 Å². The number of guanidine groups is 1. The zero-order chi connectivity index (χ0) is 18.3. The molecule has 2 rings (SSSR count). The van der Waals surface area contributed by atoms with E-state index in [4.69, 9.17) is 0 Å². The minimum atomic E-state index is -3.34. The second-order valence-corrected chi connectivity index (χ2v) is 8.69. The molecule has 0 saturated carbocycles. The van der Waals surface area contributed by atoms with Crippen molar-refractivity contribution in [2.75, 3.05) is 19.8 Å². The molecule has 7 heteroatoms. The van der Waals surface area contributed by atoms with E-state index >= 15 is 0 Å². The molecule has 2 aromatic rings. The SMILES string of the molecule is CCC(CS(=O)(=O)c1ccccc1)NC(=NC)N(C)Cc1ccsc1. The van der Waals surface area contributed by atoms with Gasteiger partial charge in [-0.05, 0) is 40.9 Å². The molecule has 0 bridgehead atoms. The van der Waals surface area contributed by atoms with Crippen LogP contribution in [0.25, 0.3) is 0 Å². The molecule has 0 aliphatic heterocycles. The highest BCUT2D eigenvalue weighted by Gasteiger charge is 2.21. The quantitative estimate of drug-likeness (QED) is 0.593. The summed E-state index contributed by atoms with van der Waals surface area (Å²) >= 11 is 1.66. The van der Waals surface area contributed by atoms with E-state index in [-0.39, 0.29) is 11.8 Å². The van der Waals surface area contributed by atoms with E-state index in [9.17, 15) is 8.42 Å². The predicted molar refractivity (Wildman–Crippen MR) is 105 cm³/mol. The molecule has 136 valence electrons. The minimum absolute atomic E-state index is 0.0405. The van der Waals surface area contributed by atoms with E-state index in [1.54, 1.807) is 42.6 Å². The first-order valence-corrected chi connectivity index (χ1v) is 10.8. The van der Waals surface area contributed by atoms with Crippen LogP contribution in [0.2, 0.25) is 0 Å². The minimum Gasteiger partial charge on any atom is -0.352 e. The fourth-order valence-electron chi connectivity index (χ4n) is 2.51. The molecule has 0 radical (unpaired) electrons. The maximum Gasteiger partial charge on any atom is 0.193 e. The molecule has 1 atom stereocenters. The molecule has 0 aliphatic carbocycles. The van der Waals surface area contributed by atoms with Gasteiger partial charge in [-0.1, -0.05) is 25.1 Å². The normalized spacial score (nSPS) is 13.5. The molecule has 5 nitrogen and oxygen atoms in total. The first-order chi connectivity index (χ1) is 12.0. The fraction of sp³-hybridized carbons (Fsp3) is 0.389. The lowest BCUT2D eigenvalue weighted by molar-refractivity contribution is 0.461. The molecular formula is C18H25N3O2S2. The van der Waals surface area contributed by atoms with E-state index < -0.39 is 9.84 Å². The molecule has 25 heavy (non-hydrogen) atoms. The Morgan fingerprint density at radius 1 is 1.28 bits per heavy atom. The van der Waals surface area contributed by atoms with Crippen molar-refractivity contribution in [2.24, 2.45) is 4.99 Å². The van der Waals surface area contributed by atoms with Gasteiger partial charge in [0.25, 0.3) is 0 Å². The summed E-state index contributed by atoms with van der Waals surface area (Å²) in [5.74, 6) is 0.736. The fourth-order valence-corrected chi connectivity index (χ4v) is 4.78. The number of hydrogen-bond acceptors (Lipinski definition) is 4. The highest BCUT2D eigenvalue weighted by Crippen LogP contribution is 2.13. The molecular weight excluding hydrogens is 354 g/mol. The highest BCUT2D eigenvalue weighted by atomic mass is 32.2. The topological polar surface area (TPSA) is 61.8 Å². The van der Waals surface area contributed by atoms with Gasteiger partial charge >= 0.3 is 0 Å². The third kappa shape index (κ3) is 5.57. The molecule has 1 aromatic heterocycles. The summed E-state index contributed by atoms with van der Waals surface area (Å²) in [7, 11) is 0.328. The maximum absolute atomic E-state index is 12.6. The van der Waals surface area contributed by atoms with Crippen molar-refractivity contribution >= 4 is 27.1 Å². The van der Waals surface area contributed by atoms with Crippen molar-refractivity contribution in [3.05, 3.63) is 52.7 Å². The van der Waals surface area contributed by atoms with Gasteiger partial charge in [0.2, 0.25) is 0 Å². The summed E-state index contributed by atoms with van der Waals surface area (Å²) in [5.41, 5.74) is 1.21. The van der Waals surface area contributed by atoms with Gasteiger partial charge in [0.15, 0.2) is 15.8 Å². The second kappa shape index (κ2) is 9.01. The van der Waals surface area contributed by atoms with Gasteiger partial charge in [-0.25, -0.2) is 8.42 Å². The van der Waals surface area contributed by atoms with Crippen LogP contribution >= 0.6 is 11.3 Å². The van der Waals surface area contributed by atoms with Crippen LogP contribution < -0.4 is 5.32 Å². The van der Waals surface area contributed by atoms with Crippen molar-refractivity contribution in [1.82, 2.24) is 10.2 Å². The number of aliphatic imine (C=N–C) groups is 1. The molecule has 0 fully saturated rings. The van der Waals surface area contributed by atoms with Gasteiger partial charge in [0.1, 0.15) is 0 Å². The summed E-state index contributed by atoms with van der Waals surface area (Å²) in [6.07, 6.45) is 0.692. The van der Waals surface area contributed by atoms with Gasteiger partial charge in [-0.3, -0.25) is 4.99 Å². The van der Waals surface area contributed by atoms with Crippen molar-refractivity contribution in [2.45, 2.75) is 30.8 Å². The predicted octanol–water partition coefficient (Wildman–Crippen LogP) is 3.01. The van der Waals surface area contributed by atoms with Crippen molar-refractivity contribution in [3.8, 4) is 0 Å². The summed E-state index contributed by atoms with van der Waals surface area (Å²) in [6, 6.07) is 10.5. The largest absolute Gasteiger partial charge is 0.352 e. The van der Waals surface area contributed by atoms with Crippen molar-refractivity contribution in [3.63, 3.8) is 0 Å². The average molecular weight is 380 g/mol. The number of nitrogens with zero attached hydrogens (tertiary/aromatic N) is 2. The third-order valence-corrected chi connectivity index (χ3v) is 6.49. The van der Waals surface area contributed by atoms with Gasteiger partial charge < -0.3 is 10.2 Å². The smallest absolute Gasteiger partial charge is 0.193 e. The maximum atomic E-state index is 12.6. The number of sulfone groups is 1. The van der Waals surface area contributed by atoms with Crippen LogP contribution in [-0.4, -0.2) is 45.2 Å². The van der Waals surface area contributed by atoms with Crippen molar-refractivity contribution < 1.29 is 8.42 Å². The number of thiophene rings is 1. The van der Waals surface area contributed by atoms with Crippen LogP contribution in [-0.2, 0) is 16.4 Å². The Morgan fingerprint density at radius 3 is 2.56 bits per heavy atom. The van der Waals surface area contributed by atoms with E-state index in [1.165, 1.54) is 5.56 Å². The molecule has 1 aromatic carbocycles. The van der Waals surface area contributed by atoms with Crippen molar-refractivity contribution in [1.29, 1.82) is 0 Å². The first kappa shape index (κ1) is 19.5. The van der Waals surface area contributed by atoms with Gasteiger partial charge in [0, 0.05) is 26.7 Å². The van der Waals surface area contributed by atoms with Crippen LogP contribution in [0.5, 0.6) is 0 Å².